The summed E-state index contributed by atoms with van der Waals surface area (Å²) >= 11 is 0. The van der Waals surface area contributed by atoms with Crippen molar-refractivity contribution in [1.29, 1.82) is 0 Å². The summed E-state index contributed by atoms with van der Waals surface area (Å²) in [6, 6.07) is 0. The lowest BCUT2D eigenvalue weighted by Gasteiger charge is -2.28. The van der Waals surface area contributed by atoms with E-state index in [-0.39, 0.29) is 25.8 Å². The Kier molecular flexibility index (Phi) is 41.1. The van der Waals surface area contributed by atoms with Crippen molar-refractivity contribution in [2.24, 2.45) is 0 Å². The Bertz CT molecular complexity index is 1170. The fourth-order valence-corrected chi connectivity index (χ4v) is 6.81. The molecule has 8 nitrogen and oxygen atoms in total. The van der Waals surface area contributed by atoms with Gasteiger partial charge in [-0.25, -0.2) is 0 Å². The summed E-state index contributed by atoms with van der Waals surface area (Å²) in [6.07, 6.45) is 54.9. The van der Waals surface area contributed by atoms with Crippen molar-refractivity contribution < 1.29 is 37.3 Å². The van der Waals surface area contributed by atoms with Crippen LogP contribution in [-0.4, -0.2) is 70.7 Å². The minimum atomic E-state index is -4.53. The van der Waals surface area contributed by atoms with Crippen LogP contribution in [0.15, 0.2) is 72.9 Å². The second-order valence-corrected chi connectivity index (χ2v) is 18.1. The summed E-state index contributed by atoms with van der Waals surface area (Å²) in [5, 5.41) is 0. The van der Waals surface area contributed by atoms with Gasteiger partial charge in [0.2, 0.25) is 0 Å². The predicted octanol–water partition coefficient (Wildman–Crippen LogP) is 13.6. The molecule has 0 spiro atoms. The molecule has 0 rings (SSSR count). The van der Waals surface area contributed by atoms with Gasteiger partial charge in [-0.15, -0.1) is 0 Å². The van der Waals surface area contributed by atoms with Gasteiger partial charge in [0.15, 0.2) is 0 Å². The van der Waals surface area contributed by atoms with E-state index >= 15 is 0 Å². The molecule has 0 aromatic rings. The van der Waals surface area contributed by atoms with Crippen molar-refractivity contribution in [1.82, 2.24) is 0 Å². The first-order valence-electron chi connectivity index (χ1n) is 23.7. The van der Waals surface area contributed by atoms with E-state index in [4.69, 9.17) is 18.5 Å². The number of rotatable bonds is 43. The topological polar surface area (TPSA) is 94.1 Å². The monoisotopic (exact) mass is 848 g/mol. The van der Waals surface area contributed by atoms with Crippen LogP contribution in [-0.2, 0) is 27.9 Å². The number of unbranched alkanes of at least 4 members (excludes halogenated alkanes) is 17. The number of hydrogen-bond acceptors (Lipinski definition) is 7. The van der Waals surface area contributed by atoms with Crippen molar-refractivity contribution in [3.05, 3.63) is 72.9 Å². The largest absolute Gasteiger partial charge is 0.756 e. The van der Waals surface area contributed by atoms with Crippen molar-refractivity contribution >= 4 is 13.8 Å². The minimum absolute atomic E-state index is 0.0205. The van der Waals surface area contributed by atoms with Gasteiger partial charge in [-0.2, -0.15) is 0 Å². The Morgan fingerprint density at radius 2 is 0.983 bits per heavy atom. The number of likely N-dealkylation sites (N-methyl/N-ethyl adjacent to an activating group) is 1. The van der Waals surface area contributed by atoms with E-state index in [0.717, 1.165) is 70.6 Å². The fourth-order valence-electron chi connectivity index (χ4n) is 6.08. The molecule has 0 radical (unpaired) electrons. The molecule has 0 saturated heterocycles. The quantitative estimate of drug-likeness (QED) is 0.0198. The number of phosphoric ester groups is 1. The minimum Gasteiger partial charge on any atom is -0.756 e. The van der Waals surface area contributed by atoms with Crippen LogP contribution >= 0.6 is 7.82 Å². The molecule has 2 unspecified atom stereocenters. The number of nitrogens with zero attached hydrogens (tertiary/aromatic N) is 1. The van der Waals surface area contributed by atoms with Gasteiger partial charge < -0.3 is 27.9 Å². The van der Waals surface area contributed by atoms with Crippen LogP contribution in [0.5, 0.6) is 0 Å². The molecule has 2 atom stereocenters. The summed E-state index contributed by atoms with van der Waals surface area (Å²) < 4.78 is 34.6. The molecule has 0 saturated carbocycles. The molecule has 0 aliphatic rings. The van der Waals surface area contributed by atoms with Crippen LogP contribution in [0.25, 0.3) is 0 Å². The Hall–Kier alpha value is -2.06. The predicted molar refractivity (Wildman–Crippen MR) is 249 cm³/mol. The highest BCUT2D eigenvalue weighted by Crippen LogP contribution is 2.38. The number of ether oxygens (including phenoxy) is 2. The average molecular weight is 848 g/mol. The van der Waals surface area contributed by atoms with E-state index in [9.17, 15) is 14.3 Å². The van der Waals surface area contributed by atoms with Crippen molar-refractivity contribution in [2.75, 3.05) is 54.1 Å². The summed E-state index contributed by atoms with van der Waals surface area (Å²) in [5.41, 5.74) is 0. The number of allylic oxidation sites excluding steroid dienone is 12. The molecular weight excluding hydrogens is 758 g/mol. The third-order valence-corrected chi connectivity index (χ3v) is 10.7. The first-order valence-corrected chi connectivity index (χ1v) is 25.1. The average Bonchev–Trinajstić information content (AvgIpc) is 3.19. The Morgan fingerprint density at radius 3 is 1.49 bits per heavy atom. The van der Waals surface area contributed by atoms with Crippen LogP contribution in [0.4, 0.5) is 0 Å². The Morgan fingerprint density at radius 1 is 0.542 bits per heavy atom. The van der Waals surface area contributed by atoms with E-state index in [0.29, 0.717) is 24.1 Å². The van der Waals surface area contributed by atoms with E-state index in [1.54, 1.807) is 0 Å². The summed E-state index contributed by atoms with van der Waals surface area (Å²) in [7, 11) is 1.34. The summed E-state index contributed by atoms with van der Waals surface area (Å²) in [4.78, 5) is 25.1. The molecule has 342 valence electrons. The highest BCUT2D eigenvalue weighted by atomic mass is 31.2. The maximum Gasteiger partial charge on any atom is 0.306 e. The van der Waals surface area contributed by atoms with Crippen molar-refractivity contribution in [3.63, 3.8) is 0 Å². The molecule has 0 amide bonds. The first-order chi connectivity index (χ1) is 28.6. The molecule has 0 aromatic heterocycles. The smallest absolute Gasteiger partial charge is 0.306 e. The SMILES string of the molecule is CC/C=C\C/C=C\C/C=C\C/C=C\C/C=C\CCCCCCCCCCCC(=O)OC(COCCCCCCCC/C=C\CCCC)COP(=O)([O-])OCC[N+](C)(C)C. The van der Waals surface area contributed by atoms with Gasteiger partial charge in [0.1, 0.15) is 19.3 Å². The molecule has 0 fully saturated rings. The standard InChI is InChI=1S/C50H90NO7P/c1-6-8-10-12-14-16-18-20-21-22-23-24-25-26-27-28-29-30-31-32-33-35-37-39-41-43-50(52)58-49(48-57-59(53,54)56-46-44-51(3,4)5)47-55-45-42-40-38-36-34-19-17-15-13-11-9-7-2/h8,10,13-16,20-21,23-24,26-27,49H,6-7,9,11-12,17-19,22,25,28-48H2,1-5H3/b10-8-,15-13-,16-14-,21-20-,24-23-,27-26-. The molecule has 9 heteroatoms. The van der Waals surface area contributed by atoms with Crippen LogP contribution in [0.1, 0.15) is 181 Å². The number of phosphoric acid groups is 1. The van der Waals surface area contributed by atoms with Crippen LogP contribution in [0, 0.1) is 0 Å². The second kappa shape index (κ2) is 42.6. The van der Waals surface area contributed by atoms with Crippen molar-refractivity contribution in [2.45, 2.75) is 187 Å². The van der Waals surface area contributed by atoms with Gasteiger partial charge in [-0.3, -0.25) is 9.36 Å². The lowest BCUT2D eigenvalue weighted by atomic mass is 10.1. The highest BCUT2D eigenvalue weighted by Gasteiger charge is 2.20. The molecule has 0 N–H and O–H groups in total. The number of quaternary nitrogens is 1. The fraction of sp³-hybridized carbons (Fsp3) is 0.740. The molecule has 59 heavy (non-hydrogen) atoms. The van der Waals surface area contributed by atoms with E-state index in [1.807, 2.05) is 21.1 Å². The second-order valence-electron chi connectivity index (χ2n) is 16.7. The molecule has 0 heterocycles. The normalized spacial score (nSPS) is 14.3. The van der Waals surface area contributed by atoms with Gasteiger partial charge >= 0.3 is 5.97 Å². The van der Waals surface area contributed by atoms with E-state index in [2.05, 4.69) is 86.8 Å². The zero-order chi connectivity index (χ0) is 43.4. The van der Waals surface area contributed by atoms with Crippen LogP contribution in [0.3, 0.4) is 0 Å². The van der Waals surface area contributed by atoms with E-state index in [1.165, 1.54) is 89.9 Å². The summed E-state index contributed by atoms with van der Waals surface area (Å²) in [6.45, 7) is 5.23. The van der Waals surface area contributed by atoms with Gasteiger partial charge in [-0.05, 0) is 77.0 Å². The number of carbonyl (C=O) groups excluding carboxylic acids is 1. The van der Waals surface area contributed by atoms with E-state index < -0.39 is 13.9 Å². The maximum absolute atomic E-state index is 12.7. The number of hydrogen-bond donors (Lipinski definition) is 0. The van der Waals surface area contributed by atoms with Gasteiger partial charge in [-0.1, -0.05) is 170 Å². The lowest BCUT2D eigenvalue weighted by molar-refractivity contribution is -0.870. The third kappa shape index (κ3) is 46.9. The van der Waals surface area contributed by atoms with Crippen LogP contribution in [0.2, 0.25) is 0 Å². The molecule has 0 aromatic carbocycles. The zero-order valence-corrected chi connectivity index (χ0v) is 39.6. The lowest BCUT2D eigenvalue weighted by Crippen LogP contribution is -2.37. The zero-order valence-electron chi connectivity index (χ0n) is 38.7. The number of esters is 1. The maximum atomic E-state index is 12.7. The molecular formula is C50H90NO7P. The summed E-state index contributed by atoms with van der Waals surface area (Å²) in [5.74, 6) is -0.346. The third-order valence-electron chi connectivity index (χ3n) is 9.74. The number of carbonyl (C=O) groups is 1. The Balaban J connectivity index is 4.15. The van der Waals surface area contributed by atoms with Crippen LogP contribution < -0.4 is 4.89 Å². The van der Waals surface area contributed by atoms with Gasteiger partial charge in [0.05, 0.1) is 34.4 Å². The first kappa shape index (κ1) is 56.9. The molecule has 0 bridgehead atoms. The Labute approximate surface area is 363 Å². The van der Waals surface area contributed by atoms with Gasteiger partial charge in [0, 0.05) is 13.0 Å². The molecule has 0 aliphatic heterocycles. The molecule has 0 aliphatic carbocycles. The highest BCUT2D eigenvalue weighted by molar-refractivity contribution is 7.45. The van der Waals surface area contributed by atoms with Crippen molar-refractivity contribution in [3.8, 4) is 0 Å². The van der Waals surface area contributed by atoms with Gasteiger partial charge in [0.25, 0.3) is 7.82 Å².